The minimum absolute atomic E-state index is 0. The lowest BCUT2D eigenvalue weighted by Crippen LogP contribution is -2.35. The van der Waals surface area contributed by atoms with Gasteiger partial charge in [0.15, 0.2) is 0 Å². The van der Waals surface area contributed by atoms with Gasteiger partial charge in [-0.15, -0.1) is 0 Å². The quantitative estimate of drug-likeness (QED) is 0.245. The van der Waals surface area contributed by atoms with Crippen LogP contribution in [0.5, 0.6) is 0 Å². The first-order chi connectivity index (χ1) is 14.8. The van der Waals surface area contributed by atoms with Gasteiger partial charge in [0.05, 0.1) is 19.3 Å². The molecule has 0 aliphatic carbocycles. The van der Waals surface area contributed by atoms with Crippen molar-refractivity contribution in [2.75, 3.05) is 39.4 Å². The molecule has 36 heavy (non-hydrogen) atoms. The fourth-order valence-corrected chi connectivity index (χ4v) is 1.09. The van der Waals surface area contributed by atoms with E-state index >= 15 is 0 Å². The van der Waals surface area contributed by atoms with Crippen molar-refractivity contribution in [1.82, 2.24) is 5.32 Å². The van der Waals surface area contributed by atoms with E-state index in [9.17, 15) is 0 Å². The van der Waals surface area contributed by atoms with Crippen LogP contribution in [0.25, 0.3) is 0 Å². The van der Waals surface area contributed by atoms with Crippen molar-refractivity contribution in [3.8, 4) is 0 Å². The highest BCUT2D eigenvalue weighted by atomic mass is 16.3. The highest BCUT2D eigenvalue weighted by molar-refractivity contribution is 4.67. The van der Waals surface area contributed by atoms with Gasteiger partial charge in [0.25, 0.3) is 0 Å². The van der Waals surface area contributed by atoms with E-state index in [1.807, 2.05) is 6.92 Å². The Balaban J connectivity index is -0.0000000341. The Morgan fingerprint density at radius 2 is 1.08 bits per heavy atom. The molecule has 0 radical (unpaired) electrons. The number of nitrogens with one attached hydrogen (secondary N) is 1. The molecule has 0 amide bonds. The number of aliphatic hydroxyl groups is 3. The monoisotopic (exact) mass is 535 g/mol. The Kier molecular flexibility index (Phi) is 85.9. The zero-order valence-corrected chi connectivity index (χ0v) is 22.4. The van der Waals surface area contributed by atoms with Crippen LogP contribution in [0.15, 0.2) is 0 Å². The van der Waals surface area contributed by atoms with E-state index in [1.165, 1.54) is 32.4 Å². The van der Waals surface area contributed by atoms with Crippen molar-refractivity contribution in [2.24, 2.45) is 28.7 Å². The summed E-state index contributed by atoms with van der Waals surface area (Å²) in [6, 6.07) is 0.819. The Labute approximate surface area is 229 Å². The van der Waals surface area contributed by atoms with Gasteiger partial charge >= 0.3 is 0 Å². The molecule has 9 heteroatoms. The molecule has 14 N–H and O–H groups in total. The minimum Gasteiger partial charge on any atom is -0.395 e. The molecule has 0 aromatic heterocycles. The second-order valence-electron chi connectivity index (χ2n) is 8.52. The molecular weight excluding hydrogens is 456 g/mol. The summed E-state index contributed by atoms with van der Waals surface area (Å²) >= 11 is 0. The summed E-state index contributed by atoms with van der Waals surface area (Å²) in [6.45, 7) is 16.9. The van der Waals surface area contributed by atoms with Crippen LogP contribution in [-0.4, -0.2) is 78.4 Å². The molecule has 9 nitrogen and oxygen atoms in total. The van der Waals surface area contributed by atoms with Gasteiger partial charge in [-0.05, 0) is 72.9 Å². The molecule has 2 atom stereocenters. The maximum absolute atomic E-state index is 8.28. The van der Waals surface area contributed by atoms with Crippen LogP contribution in [0.4, 0.5) is 0 Å². The third-order valence-electron chi connectivity index (χ3n) is 3.78. The number of hydrogen-bond acceptors (Lipinski definition) is 9. The zero-order chi connectivity index (χ0) is 26.4. The van der Waals surface area contributed by atoms with Gasteiger partial charge in [0.1, 0.15) is 0 Å². The first kappa shape index (κ1) is 60.3. The molecule has 0 aromatic carbocycles. The number of piperidine rings is 1. The predicted molar refractivity (Wildman–Crippen MR) is 168 cm³/mol. The van der Waals surface area contributed by atoms with Crippen LogP contribution in [-0.2, 0) is 0 Å². The molecule has 0 aromatic rings. The van der Waals surface area contributed by atoms with E-state index in [0.29, 0.717) is 25.2 Å². The molecule has 2 unspecified atom stereocenters. The molecule has 1 fully saturated rings. The summed E-state index contributed by atoms with van der Waals surface area (Å²) in [5, 5.41) is 27.5. The van der Waals surface area contributed by atoms with E-state index < -0.39 is 5.54 Å². The Hall–Kier alpha value is -0.360. The summed E-state index contributed by atoms with van der Waals surface area (Å²) in [5.41, 5.74) is 25.3. The van der Waals surface area contributed by atoms with Gasteiger partial charge in [-0.25, -0.2) is 0 Å². The van der Waals surface area contributed by atoms with Gasteiger partial charge in [0.2, 0.25) is 0 Å². The lowest BCUT2D eigenvalue weighted by molar-refractivity contribution is 0.203. The van der Waals surface area contributed by atoms with E-state index in [4.69, 9.17) is 44.0 Å². The second kappa shape index (κ2) is 51.3. The number of rotatable bonds is 6. The summed E-state index contributed by atoms with van der Waals surface area (Å²) in [5.74, 6) is 0. The highest BCUT2D eigenvalue weighted by Gasteiger charge is 2.05. The maximum atomic E-state index is 8.28. The van der Waals surface area contributed by atoms with Gasteiger partial charge in [-0.1, -0.05) is 56.9 Å². The normalized spacial score (nSPS) is 12.7. The van der Waals surface area contributed by atoms with Gasteiger partial charge in [0, 0.05) is 30.7 Å². The summed E-state index contributed by atoms with van der Waals surface area (Å²) in [7, 11) is 0. The Morgan fingerprint density at radius 3 is 1.11 bits per heavy atom. The average molecular weight is 535 g/mol. The van der Waals surface area contributed by atoms with Gasteiger partial charge in [-0.2, -0.15) is 0 Å². The topological polar surface area (TPSA) is 203 Å². The van der Waals surface area contributed by atoms with E-state index in [2.05, 4.69) is 26.1 Å². The lowest BCUT2D eigenvalue weighted by Gasteiger charge is -2.12. The van der Waals surface area contributed by atoms with Crippen molar-refractivity contribution >= 4 is 0 Å². The first-order valence-electron chi connectivity index (χ1n) is 12.1. The van der Waals surface area contributed by atoms with Crippen LogP contribution in [0.2, 0.25) is 0 Å². The SMILES string of the molecule is C.C.C.C.C1CCNCC1.CC(C)(N)CO.CC(O)CN.CCC(C)N.CCC(N)CC.NCCO. The zero-order valence-electron chi connectivity index (χ0n) is 22.4. The fraction of sp³-hybridized carbons (Fsp3) is 1.00. The van der Waals surface area contributed by atoms with Crippen molar-refractivity contribution in [2.45, 2.75) is 140 Å². The van der Waals surface area contributed by atoms with Gasteiger partial charge in [-0.3, -0.25) is 0 Å². The van der Waals surface area contributed by atoms with E-state index in [1.54, 1.807) is 20.8 Å². The third kappa shape index (κ3) is 115. The molecule has 1 heterocycles. The molecule has 1 saturated heterocycles. The molecule has 0 saturated carbocycles. The molecule has 1 rings (SSSR count). The number of nitrogens with two attached hydrogens (primary N) is 5. The summed E-state index contributed by atoms with van der Waals surface area (Å²) < 4.78 is 0. The largest absolute Gasteiger partial charge is 0.395 e. The van der Waals surface area contributed by atoms with Crippen LogP contribution in [0.3, 0.4) is 0 Å². The van der Waals surface area contributed by atoms with E-state index in [-0.39, 0.29) is 49.0 Å². The molecule has 1 aliphatic heterocycles. The molecule has 234 valence electrons. The maximum Gasteiger partial charge on any atom is 0.0634 e. The number of aliphatic hydroxyl groups excluding tert-OH is 3. The van der Waals surface area contributed by atoms with Crippen molar-refractivity contribution in [1.29, 1.82) is 0 Å². The first-order valence-corrected chi connectivity index (χ1v) is 12.1. The average Bonchev–Trinajstić information content (AvgIpc) is 2.80. The molecule has 0 spiro atoms. The lowest BCUT2D eigenvalue weighted by atomic mass is 10.1. The van der Waals surface area contributed by atoms with Crippen molar-refractivity contribution < 1.29 is 15.3 Å². The Bertz CT molecular complexity index is 264. The summed E-state index contributed by atoms with van der Waals surface area (Å²) in [4.78, 5) is 0. The van der Waals surface area contributed by atoms with Crippen LogP contribution in [0, 0.1) is 0 Å². The Morgan fingerprint density at radius 1 is 0.806 bits per heavy atom. The van der Waals surface area contributed by atoms with Crippen molar-refractivity contribution in [3.05, 3.63) is 0 Å². The van der Waals surface area contributed by atoms with Crippen molar-refractivity contribution in [3.63, 3.8) is 0 Å². The third-order valence-corrected chi connectivity index (χ3v) is 3.78. The summed E-state index contributed by atoms with van der Waals surface area (Å²) in [6.07, 6.45) is 7.18. The molecule has 1 aliphatic rings. The van der Waals surface area contributed by atoms with E-state index in [0.717, 1.165) is 19.3 Å². The predicted octanol–water partition coefficient (Wildman–Crippen LogP) is 3.16. The fourth-order valence-electron chi connectivity index (χ4n) is 1.09. The molecule has 0 bridgehead atoms. The van der Waals surface area contributed by atoms with Crippen LogP contribution >= 0.6 is 0 Å². The second-order valence-corrected chi connectivity index (χ2v) is 8.52. The standard InChI is InChI=1S/C5H11N.C5H13N.C4H11NO.C4H11N.C3H9NO.C2H7NO.4CH4/c1-2-4-6-5-3-1;1-3-5(6)4-2;1-4(2,5)3-6;1-3-4(2)5;1-3(5)2-4;3-1-2-4;;;;/h6H,1-5H2;5H,3-4,6H2,1-2H3;6H,3,5H2,1-2H3;4H,3,5H2,1-2H3;3,5H,2,4H2,1H3;4H,1-3H2;4*1H4. The highest BCUT2D eigenvalue weighted by Crippen LogP contribution is 1.96. The van der Waals surface area contributed by atoms with Crippen LogP contribution < -0.4 is 34.0 Å². The van der Waals surface area contributed by atoms with Crippen LogP contribution in [0.1, 0.15) is 117 Å². The smallest absolute Gasteiger partial charge is 0.0634 e. The minimum atomic E-state index is -0.403. The molecular formula is C27H78N6O3. The number of hydrogen-bond donors (Lipinski definition) is 9. The van der Waals surface area contributed by atoms with Gasteiger partial charge < -0.3 is 49.3 Å².